The topological polar surface area (TPSA) is 45.7 Å². The lowest BCUT2D eigenvalue weighted by molar-refractivity contribution is 0.0600. The molecule has 1 unspecified atom stereocenters. The first-order chi connectivity index (χ1) is 13.7. The maximum Gasteiger partial charge on any atom is 0.337 e. The fourth-order valence-electron chi connectivity index (χ4n) is 3.90. The highest BCUT2D eigenvalue weighted by molar-refractivity contribution is 5.89. The molecule has 2 heterocycles. The van der Waals surface area contributed by atoms with Gasteiger partial charge >= 0.3 is 5.97 Å². The number of para-hydroxylation sites is 1. The van der Waals surface area contributed by atoms with Crippen LogP contribution in [0.5, 0.6) is 0 Å². The monoisotopic (exact) mass is 375 g/mol. The Bertz CT molecular complexity index is 966. The average molecular weight is 375 g/mol. The van der Waals surface area contributed by atoms with Gasteiger partial charge in [-0.05, 0) is 42.8 Å². The number of esters is 1. The minimum absolute atomic E-state index is 0.298. The van der Waals surface area contributed by atoms with Crippen molar-refractivity contribution in [3.63, 3.8) is 0 Å². The molecule has 1 aromatic heterocycles. The third-order valence-corrected chi connectivity index (χ3v) is 5.51. The van der Waals surface area contributed by atoms with E-state index in [9.17, 15) is 4.79 Å². The van der Waals surface area contributed by atoms with Crippen LogP contribution in [0.2, 0.25) is 0 Å². The van der Waals surface area contributed by atoms with Crippen LogP contribution in [0.1, 0.15) is 22.8 Å². The van der Waals surface area contributed by atoms with Crippen LogP contribution < -0.4 is 4.90 Å². The van der Waals surface area contributed by atoms with Crippen LogP contribution >= 0.6 is 0 Å². The summed E-state index contributed by atoms with van der Waals surface area (Å²) < 4.78 is 4.78. The molecule has 5 heteroatoms. The Balaban J connectivity index is 1.44. The van der Waals surface area contributed by atoms with Gasteiger partial charge in [-0.15, -0.1) is 0 Å². The number of piperazine rings is 1. The molecular weight excluding hydrogens is 350 g/mol. The molecule has 28 heavy (non-hydrogen) atoms. The van der Waals surface area contributed by atoms with E-state index in [4.69, 9.17) is 4.74 Å². The summed E-state index contributed by atoms with van der Waals surface area (Å²) >= 11 is 0. The van der Waals surface area contributed by atoms with Gasteiger partial charge in [0.2, 0.25) is 0 Å². The Morgan fingerprint density at radius 2 is 1.89 bits per heavy atom. The third kappa shape index (κ3) is 3.71. The van der Waals surface area contributed by atoms with Crippen molar-refractivity contribution in [2.75, 3.05) is 31.6 Å². The van der Waals surface area contributed by atoms with Gasteiger partial charge in [0.05, 0.1) is 18.2 Å². The summed E-state index contributed by atoms with van der Waals surface area (Å²) in [7, 11) is 1.41. The normalized spacial score (nSPS) is 17.6. The molecule has 2 aromatic carbocycles. The quantitative estimate of drug-likeness (QED) is 0.650. The molecule has 144 valence electrons. The second kappa shape index (κ2) is 7.98. The number of nitrogens with zero attached hydrogens (tertiary/aromatic N) is 3. The van der Waals surface area contributed by atoms with Gasteiger partial charge in [0.15, 0.2) is 0 Å². The first-order valence-corrected chi connectivity index (χ1v) is 9.65. The maximum atomic E-state index is 11.6. The molecule has 0 N–H and O–H groups in total. The number of methoxy groups -OCH3 is 1. The van der Waals surface area contributed by atoms with E-state index >= 15 is 0 Å². The van der Waals surface area contributed by atoms with Crippen molar-refractivity contribution in [3.05, 3.63) is 71.9 Å². The van der Waals surface area contributed by atoms with Crippen LogP contribution in [0.25, 0.3) is 10.9 Å². The highest BCUT2D eigenvalue weighted by Gasteiger charge is 2.24. The zero-order valence-electron chi connectivity index (χ0n) is 16.3. The Hall–Kier alpha value is -2.92. The third-order valence-electron chi connectivity index (χ3n) is 5.51. The van der Waals surface area contributed by atoms with E-state index in [-0.39, 0.29) is 5.97 Å². The van der Waals surface area contributed by atoms with E-state index in [1.807, 2.05) is 36.5 Å². The van der Waals surface area contributed by atoms with Gasteiger partial charge in [-0.3, -0.25) is 9.88 Å². The van der Waals surface area contributed by atoms with E-state index in [1.54, 1.807) is 0 Å². The van der Waals surface area contributed by atoms with Gasteiger partial charge in [-0.25, -0.2) is 4.79 Å². The lowest BCUT2D eigenvalue weighted by atomic mass is 10.1. The van der Waals surface area contributed by atoms with E-state index in [1.165, 1.54) is 18.1 Å². The van der Waals surface area contributed by atoms with Crippen LogP contribution in [0.4, 0.5) is 5.69 Å². The average Bonchev–Trinajstić information content (AvgIpc) is 2.75. The van der Waals surface area contributed by atoms with Crippen LogP contribution in [0.15, 0.2) is 60.8 Å². The molecule has 5 nitrogen and oxygen atoms in total. The van der Waals surface area contributed by atoms with Crippen molar-refractivity contribution in [1.29, 1.82) is 0 Å². The predicted molar refractivity (Wildman–Crippen MR) is 112 cm³/mol. The highest BCUT2D eigenvalue weighted by atomic mass is 16.5. The second-order valence-electron chi connectivity index (χ2n) is 7.30. The smallest absolute Gasteiger partial charge is 0.337 e. The van der Waals surface area contributed by atoms with Crippen molar-refractivity contribution in [2.45, 2.75) is 19.5 Å². The van der Waals surface area contributed by atoms with E-state index in [0.29, 0.717) is 11.6 Å². The Labute approximate surface area is 165 Å². The molecule has 0 radical (unpaired) electrons. The molecule has 3 aromatic rings. The largest absolute Gasteiger partial charge is 0.465 e. The summed E-state index contributed by atoms with van der Waals surface area (Å²) in [5, 5.41) is 1.19. The van der Waals surface area contributed by atoms with Crippen molar-refractivity contribution in [3.8, 4) is 0 Å². The lowest BCUT2D eigenvalue weighted by Gasteiger charge is -2.41. The van der Waals surface area contributed by atoms with Gasteiger partial charge < -0.3 is 9.64 Å². The van der Waals surface area contributed by atoms with Crippen molar-refractivity contribution < 1.29 is 9.53 Å². The zero-order valence-corrected chi connectivity index (χ0v) is 16.3. The number of aromatic nitrogens is 1. The van der Waals surface area contributed by atoms with Gasteiger partial charge in [-0.1, -0.05) is 24.3 Å². The molecule has 1 fully saturated rings. The van der Waals surface area contributed by atoms with Gasteiger partial charge in [0, 0.05) is 49.5 Å². The Kier molecular flexibility index (Phi) is 5.26. The summed E-state index contributed by atoms with van der Waals surface area (Å²) in [5.74, 6) is -0.298. The second-order valence-corrected chi connectivity index (χ2v) is 7.30. The highest BCUT2D eigenvalue weighted by Crippen LogP contribution is 2.23. The number of carbonyl (C=O) groups is 1. The SMILES string of the molecule is COC(=O)c1ccc(N2CCN(Cc3cccc4cccnc34)C(C)C2)cc1. The van der Waals surface area contributed by atoms with Crippen LogP contribution in [0.3, 0.4) is 0 Å². The van der Waals surface area contributed by atoms with Crippen molar-refractivity contribution >= 4 is 22.6 Å². The van der Waals surface area contributed by atoms with Gasteiger partial charge in [0.1, 0.15) is 0 Å². The van der Waals surface area contributed by atoms with Crippen LogP contribution in [0, 0.1) is 0 Å². The molecule has 0 aliphatic carbocycles. The predicted octanol–water partition coefficient (Wildman–Crippen LogP) is 3.73. The maximum absolute atomic E-state index is 11.6. The van der Waals surface area contributed by atoms with Crippen LogP contribution in [-0.2, 0) is 11.3 Å². The summed E-state index contributed by atoms with van der Waals surface area (Å²) in [4.78, 5) is 21.1. The van der Waals surface area contributed by atoms with Crippen molar-refractivity contribution in [1.82, 2.24) is 9.88 Å². The molecule has 1 atom stereocenters. The molecule has 0 saturated carbocycles. The minimum Gasteiger partial charge on any atom is -0.465 e. The first kappa shape index (κ1) is 18.4. The number of benzene rings is 2. The minimum atomic E-state index is -0.298. The molecule has 0 spiro atoms. The summed E-state index contributed by atoms with van der Waals surface area (Å²) in [6.45, 7) is 6.08. The Morgan fingerprint density at radius 1 is 1.11 bits per heavy atom. The zero-order chi connectivity index (χ0) is 19.5. The lowest BCUT2D eigenvalue weighted by Crippen LogP contribution is -2.51. The molecular formula is C23H25N3O2. The molecule has 0 amide bonds. The van der Waals surface area contributed by atoms with Crippen LogP contribution in [-0.4, -0.2) is 48.6 Å². The Morgan fingerprint density at radius 3 is 2.64 bits per heavy atom. The number of hydrogen-bond acceptors (Lipinski definition) is 5. The van der Waals surface area contributed by atoms with Crippen molar-refractivity contribution in [2.24, 2.45) is 0 Å². The fourth-order valence-corrected chi connectivity index (χ4v) is 3.90. The van der Waals surface area contributed by atoms with E-state index < -0.39 is 0 Å². The summed E-state index contributed by atoms with van der Waals surface area (Å²) in [6, 6.07) is 18.6. The number of rotatable bonds is 4. The molecule has 1 aliphatic heterocycles. The number of fused-ring (bicyclic) bond motifs is 1. The number of anilines is 1. The van der Waals surface area contributed by atoms with Gasteiger partial charge in [0.25, 0.3) is 0 Å². The number of pyridine rings is 1. The molecule has 0 bridgehead atoms. The number of carbonyl (C=O) groups excluding carboxylic acids is 1. The fraction of sp³-hybridized carbons (Fsp3) is 0.304. The number of ether oxygens (including phenoxy) is 1. The molecule has 1 aliphatic rings. The van der Waals surface area contributed by atoms with E-state index in [2.05, 4.69) is 46.0 Å². The number of hydrogen-bond donors (Lipinski definition) is 0. The molecule has 1 saturated heterocycles. The van der Waals surface area contributed by atoms with E-state index in [0.717, 1.165) is 37.4 Å². The summed E-state index contributed by atoms with van der Waals surface area (Å²) in [6.07, 6.45) is 1.87. The first-order valence-electron chi connectivity index (χ1n) is 9.65. The standard InChI is InChI=1S/C23H25N3O2/c1-17-15-26(21-10-8-19(9-11-21)23(27)28-2)14-13-25(17)16-20-6-3-5-18-7-4-12-24-22(18)20/h3-12,17H,13-16H2,1-2H3. The van der Waals surface area contributed by atoms with Gasteiger partial charge in [-0.2, -0.15) is 0 Å². The molecule has 4 rings (SSSR count). The summed E-state index contributed by atoms with van der Waals surface area (Å²) in [5.41, 5.74) is 4.10.